The zero-order valence-electron chi connectivity index (χ0n) is 12.1. The molecule has 2 rings (SSSR count). The Morgan fingerprint density at radius 3 is 2.85 bits per heavy atom. The largest absolute Gasteiger partial charge is 0.494 e. The van der Waals surface area contributed by atoms with E-state index in [9.17, 15) is 4.39 Å². The average Bonchev–Trinajstić information content (AvgIpc) is 2.39. The lowest BCUT2D eigenvalue weighted by Gasteiger charge is -2.34. The van der Waals surface area contributed by atoms with Crippen molar-refractivity contribution in [3.05, 3.63) is 29.6 Å². The van der Waals surface area contributed by atoms with Crippen molar-refractivity contribution in [1.29, 1.82) is 0 Å². The SMILES string of the molecule is COc1ccc(CN2CCCC(C(C)N)C2)cc1F.Cl. The van der Waals surface area contributed by atoms with E-state index in [1.165, 1.54) is 20.0 Å². The fraction of sp³-hybridized carbons (Fsp3) is 0.600. The first-order valence-corrected chi connectivity index (χ1v) is 6.90. The Labute approximate surface area is 126 Å². The number of methoxy groups -OCH3 is 1. The predicted octanol–water partition coefficient (Wildman–Crippen LogP) is 2.82. The van der Waals surface area contributed by atoms with Crippen LogP contribution >= 0.6 is 12.4 Å². The average molecular weight is 303 g/mol. The Bertz CT molecular complexity index is 428. The van der Waals surface area contributed by atoms with Crippen LogP contribution in [0.1, 0.15) is 25.3 Å². The van der Waals surface area contributed by atoms with Gasteiger partial charge >= 0.3 is 0 Å². The van der Waals surface area contributed by atoms with Crippen molar-refractivity contribution in [1.82, 2.24) is 4.90 Å². The molecule has 1 saturated heterocycles. The van der Waals surface area contributed by atoms with Gasteiger partial charge in [0.2, 0.25) is 0 Å². The number of nitrogens with two attached hydrogens (primary N) is 1. The Hall–Kier alpha value is -0.840. The Balaban J connectivity index is 0.00000200. The molecule has 2 atom stereocenters. The molecule has 2 unspecified atom stereocenters. The third kappa shape index (κ3) is 4.33. The summed E-state index contributed by atoms with van der Waals surface area (Å²) in [6.45, 7) is 4.92. The molecule has 1 fully saturated rings. The number of piperidine rings is 1. The summed E-state index contributed by atoms with van der Waals surface area (Å²) in [6.07, 6.45) is 2.37. The lowest BCUT2D eigenvalue weighted by Crippen LogP contribution is -2.41. The minimum absolute atomic E-state index is 0. The number of rotatable bonds is 4. The molecule has 1 heterocycles. The van der Waals surface area contributed by atoms with Crippen LogP contribution in [-0.2, 0) is 6.54 Å². The Morgan fingerprint density at radius 2 is 2.25 bits per heavy atom. The summed E-state index contributed by atoms with van der Waals surface area (Å²) in [6, 6.07) is 5.42. The zero-order valence-corrected chi connectivity index (χ0v) is 13.0. The highest BCUT2D eigenvalue weighted by atomic mass is 35.5. The van der Waals surface area contributed by atoms with Gasteiger partial charge in [0.05, 0.1) is 7.11 Å². The number of nitrogens with zero attached hydrogens (tertiary/aromatic N) is 1. The van der Waals surface area contributed by atoms with Crippen molar-refractivity contribution < 1.29 is 9.13 Å². The molecular formula is C15H24ClFN2O. The summed E-state index contributed by atoms with van der Waals surface area (Å²) in [5.41, 5.74) is 6.97. The van der Waals surface area contributed by atoms with Crippen LogP contribution in [0.2, 0.25) is 0 Å². The molecule has 0 spiro atoms. The number of halogens is 2. The molecule has 114 valence electrons. The van der Waals surface area contributed by atoms with Crippen LogP contribution in [0.3, 0.4) is 0 Å². The normalized spacial score (nSPS) is 21.1. The molecule has 5 heteroatoms. The lowest BCUT2D eigenvalue weighted by molar-refractivity contribution is 0.154. The van der Waals surface area contributed by atoms with E-state index in [2.05, 4.69) is 11.8 Å². The molecule has 0 aliphatic carbocycles. The van der Waals surface area contributed by atoms with Gasteiger partial charge in [-0.1, -0.05) is 6.07 Å². The second kappa shape index (κ2) is 7.81. The maximum absolute atomic E-state index is 13.6. The van der Waals surface area contributed by atoms with E-state index in [0.717, 1.165) is 25.2 Å². The van der Waals surface area contributed by atoms with Crippen LogP contribution in [-0.4, -0.2) is 31.1 Å². The van der Waals surface area contributed by atoms with Gasteiger partial charge in [-0.25, -0.2) is 4.39 Å². The van der Waals surface area contributed by atoms with E-state index in [1.54, 1.807) is 12.1 Å². The van der Waals surface area contributed by atoms with Crippen LogP contribution in [0.5, 0.6) is 5.75 Å². The van der Waals surface area contributed by atoms with Gasteiger partial charge in [-0.05, 0) is 49.9 Å². The van der Waals surface area contributed by atoms with Crippen LogP contribution in [0.4, 0.5) is 4.39 Å². The van der Waals surface area contributed by atoms with Gasteiger partial charge in [0, 0.05) is 19.1 Å². The molecule has 0 aromatic heterocycles. The number of hydrogen-bond acceptors (Lipinski definition) is 3. The number of benzene rings is 1. The van der Waals surface area contributed by atoms with Gasteiger partial charge < -0.3 is 10.5 Å². The van der Waals surface area contributed by atoms with Crippen LogP contribution in [0, 0.1) is 11.7 Å². The molecule has 20 heavy (non-hydrogen) atoms. The maximum atomic E-state index is 13.6. The molecule has 0 amide bonds. The minimum Gasteiger partial charge on any atom is -0.494 e. The van der Waals surface area contributed by atoms with E-state index in [4.69, 9.17) is 10.5 Å². The molecule has 1 aliphatic heterocycles. The van der Waals surface area contributed by atoms with Gasteiger partial charge in [0.25, 0.3) is 0 Å². The molecule has 0 radical (unpaired) electrons. The number of hydrogen-bond donors (Lipinski definition) is 1. The smallest absolute Gasteiger partial charge is 0.165 e. The van der Waals surface area contributed by atoms with Gasteiger partial charge in [0.1, 0.15) is 0 Å². The molecule has 1 aliphatic rings. The molecule has 1 aromatic carbocycles. The van der Waals surface area contributed by atoms with E-state index in [-0.39, 0.29) is 24.3 Å². The van der Waals surface area contributed by atoms with Crippen molar-refractivity contribution in [2.45, 2.75) is 32.4 Å². The van der Waals surface area contributed by atoms with E-state index >= 15 is 0 Å². The molecule has 2 N–H and O–H groups in total. The number of ether oxygens (including phenoxy) is 1. The zero-order chi connectivity index (χ0) is 13.8. The first-order valence-electron chi connectivity index (χ1n) is 6.90. The summed E-state index contributed by atoms with van der Waals surface area (Å²) < 4.78 is 18.6. The van der Waals surface area contributed by atoms with Crippen LogP contribution in [0.15, 0.2) is 18.2 Å². The van der Waals surface area contributed by atoms with Gasteiger partial charge in [-0.15, -0.1) is 12.4 Å². The highest BCUT2D eigenvalue weighted by Gasteiger charge is 2.22. The summed E-state index contributed by atoms with van der Waals surface area (Å²) in [7, 11) is 1.48. The predicted molar refractivity (Wildman–Crippen MR) is 81.9 cm³/mol. The fourth-order valence-electron chi connectivity index (χ4n) is 2.73. The summed E-state index contributed by atoms with van der Waals surface area (Å²) in [5.74, 6) is 0.563. The molecular weight excluding hydrogens is 279 g/mol. The molecule has 0 bridgehead atoms. The summed E-state index contributed by atoms with van der Waals surface area (Å²) in [5, 5.41) is 0. The Morgan fingerprint density at radius 1 is 1.50 bits per heavy atom. The van der Waals surface area contributed by atoms with Gasteiger partial charge in [-0.3, -0.25) is 4.90 Å². The fourth-order valence-corrected chi connectivity index (χ4v) is 2.73. The summed E-state index contributed by atoms with van der Waals surface area (Å²) in [4.78, 5) is 2.36. The van der Waals surface area contributed by atoms with Crippen molar-refractivity contribution in [2.75, 3.05) is 20.2 Å². The molecule has 1 aromatic rings. The second-order valence-corrected chi connectivity index (χ2v) is 5.47. The van der Waals surface area contributed by atoms with E-state index in [1.807, 2.05) is 6.07 Å². The van der Waals surface area contributed by atoms with Crippen molar-refractivity contribution in [3.63, 3.8) is 0 Å². The third-order valence-corrected chi connectivity index (χ3v) is 3.91. The standard InChI is InChI=1S/C15H23FN2O.ClH/c1-11(17)13-4-3-7-18(10-13)9-12-5-6-15(19-2)14(16)8-12;/h5-6,8,11,13H,3-4,7,9-10,17H2,1-2H3;1H. The number of likely N-dealkylation sites (tertiary alicyclic amines) is 1. The first-order chi connectivity index (χ1) is 9.10. The highest BCUT2D eigenvalue weighted by Crippen LogP contribution is 2.22. The monoisotopic (exact) mass is 302 g/mol. The minimum atomic E-state index is -0.291. The van der Waals surface area contributed by atoms with Crippen molar-refractivity contribution >= 4 is 12.4 Å². The second-order valence-electron chi connectivity index (χ2n) is 5.47. The lowest BCUT2D eigenvalue weighted by atomic mass is 9.92. The van der Waals surface area contributed by atoms with Crippen LogP contribution < -0.4 is 10.5 Å². The highest BCUT2D eigenvalue weighted by molar-refractivity contribution is 5.85. The van der Waals surface area contributed by atoms with Gasteiger partial charge in [0.15, 0.2) is 11.6 Å². The molecule has 3 nitrogen and oxygen atoms in total. The van der Waals surface area contributed by atoms with Crippen molar-refractivity contribution in [3.8, 4) is 5.75 Å². The maximum Gasteiger partial charge on any atom is 0.165 e. The Kier molecular flexibility index (Phi) is 6.72. The van der Waals surface area contributed by atoms with E-state index < -0.39 is 0 Å². The summed E-state index contributed by atoms with van der Waals surface area (Å²) >= 11 is 0. The topological polar surface area (TPSA) is 38.5 Å². The van der Waals surface area contributed by atoms with Crippen LogP contribution in [0.25, 0.3) is 0 Å². The first kappa shape index (κ1) is 17.2. The van der Waals surface area contributed by atoms with E-state index in [0.29, 0.717) is 11.7 Å². The third-order valence-electron chi connectivity index (χ3n) is 3.91. The molecule has 0 saturated carbocycles. The van der Waals surface area contributed by atoms with Gasteiger partial charge in [-0.2, -0.15) is 0 Å². The quantitative estimate of drug-likeness (QED) is 0.929. The van der Waals surface area contributed by atoms with Crippen molar-refractivity contribution in [2.24, 2.45) is 11.7 Å².